The van der Waals surface area contributed by atoms with Gasteiger partial charge in [-0.3, -0.25) is 4.90 Å². The summed E-state index contributed by atoms with van der Waals surface area (Å²) in [5.74, 6) is 0. The average molecular weight is 227 g/mol. The third-order valence-electron chi connectivity index (χ3n) is 2.68. The average Bonchev–Trinajstić information content (AvgIpc) is 2.87. The Morgan fingerprint density at radius 3 is 2.79 bits per heavy atom. The van der Waals surface area contributed by atoms with Crippen LogP contribution in [-0.4, -0.2) is 17.5 Å². The number of halogens is 1. The van der Waals surface area contributed by atoms with Gasteiger partial charge in [-0.05, 0) is 32.0 Å². The summed E-state index contributed by atoms with van der Waals surface area (Å²) >= 11 is 7.43. The third-order valence-corrected chi connectivity index (χ3v) is 3.90. The molecule has 1 saturated carbocycles. The van der Waals surface area contributed by atoms with Gasteiger partial charge in [-0.2, -0.15) is 5.26 Å². The molecule has 2 rings (SSSR count). The molecular formula is C10H11ClN2S. The highest BCUT2D eigenvalue weighted by Gasteiger charge is 2.46. The molecule has 1 fully saturated rings. The van der Waals surface area contributed by atoms with E-state index in [0.29, 0.717) is 0 Å². The Kier molecular flexibility index (Phi) is 2.52. The first-order valence-electron chi connectivity index (χ1n) is 4.53. The molecule has 0 amide bonds. The molecule has 1 heterocycles. The highest BCUT2D eigenvalue weighted by atomic mass is 35.5. The maximum absolute atomic E-state index is 9.00. The summed E-state index contributed by atoms with van der Waals surface area (Å²) in [7, 11) is 2.00. The van der Waals surface area contributed by atoms with E-state index < -0.39 is 0 Å². The molecular weight excluding hydrogens is 216 g/mol. The van der Waals surface area contributed by atoms with Crippen LogP contribution in [0.25, 0.3) is 0 Å². The standard InChI is InChI=1S/C10H11ClN2S/c1-13(10(7-12)4-5-10)6-8-2-3-9(11)14-8/h2-3H,4-6H2,1H3. The highest BCUT2D eigenvalue weighted by Crippen LogP contribution is 2.41. The molecule has 0 N–H and O–H groups in total. The van der Waals surface area contributed by atoms with E-state index >= 15 is 0 Å². The molecule has 0 saturated heterocycles. The molecule has 0 atom stereocenters. The van der Waals surface area contributed by atoms with E-state index in [9.17, 15) is 0 Å². The minimum atomic E-state index is -0.184. The Balaban J connectivity index is 2.02. The quantitative estimate of drug-likeness (QED) is 0.793. The van der Waals surface area contributed by atoms with Crippen LogP contribution in [0.4, 0.5) is 0 Å². The number of rotatable bonds is 3. The zero-order chi connectivity index (χ0) is 10.2. The van der Waals surface area contributed by atoms with E-state index in [1.807, 2.05) is 19.2 Å². The predicted octanol–water partition coefficient (Wildman–Crippen LogP) is 2.89. The zero-order valence-electron chi connectivity index (χ0n) is 7.96. The van der Waals surface area contributed by atoms with Crippen molar-refractivity contribution in [2.24, 2.45) is 0 Å². The second-order valence-electron chi connectivity index (χ2n) is 3.71. The molecule has 2 nitrogen and oxygen atoms in total. The van der Waals surface area contributed by atoms with Gasteiger partial charge in [0.2, 0.25) is 0 Å². The van der Waals surface area contributed by atoms with E-state index in [1.54, 1.807) is 11.3 Å². The fraction of sp³-hybridized carbons (Fsp3) is 0.500. The van der Waals surface area contributed by atoms with Gasteiger partial charge in [0, 0.05) is 11.4 Å². The first-order valence-corrected chi connectivity index (χ1v) is 5.72. The number of hydrogen-bond donors (Lipinski definition) is 0. The molecule has 0 aromatic carbocycles. The summed E-state index contributed by atoms with van der Waals surface area (Å²) in [6.45, 7) is 0.824. The molecule has 1 aliphatic rings. The minimum Gasteiger partial charge on any atom is -0.283 e. The fourth-order valence-electron chi connectivity index (χ4n) is 1.52. The van der Waals surface area contributed by atoms with Crippen LogP contribution in [0.5, 0.6) is 0 Å². The van der Waals surface area contributed by atoms with Crippen molar-refractivity contribution in [3.8, 4) is 6.07 Å². The second-order valence-corrected chi connectivity index (χ2v) is 5.50. The van der Waals surface area contributed by atoms with Gasteiger partial charge in [0.1, 0.15) is 5.54 Å². The van der Waals surface area contributed by atoms with Crippen molar-refractivity contribution in [3.05, 3.63) is 21.3 Å². The number of thiophene rings is 1. The van der Waals surface area contributed by atoms with Crippen LogP contribution < -0.4 is 0 Å². The van der Waals surface area contributed by atoms with E-state index in [-0.39, 0.29) is 5.54 Å². The summed E-state index contributed by atoms with van der Waals surface area (Å²) < 4.78 is 0.815. The minimum absolute atomic E-state index is 0.184. The lowest BCUT2D eigenvalue weighted by molar-refractivity contribution is 0.264. The molecule has 1 aromatic heterocycles. The van der Waals surface area contributed by atoms with E-state index in [0.717, 1.165) is 23.7 Å². The van der Waals surface area contributed by atoms with Crippen molar-refractivity contribution < 1.29 is 0 Å². The van der Waals surface area contributed by atoms with Gasteiger partial charge in [-0.15, -0.1) is 11.3 Å². The first kappa shape index (κ1) is 9.97. The lowest BCUT2D eigenvalue weighted by Crippen LogP contribution is -2.31. The number of nitrogens with zero attached hydrogens (tertiary/aromatic N) is 2. The van der Waals surface area contributed by atoms with Crippen LogP contribution in [0.1, 0.15) is 17.7 Å². The Bertz CT molecular complexity index is 376. The zero-order valence-corrected chi connectivity index (χ0v) is 9.53. The van der Waals surface area contributed by atoms with Crippen molar-refractivity contribution in [1.82, 2.24) is 4.90 Å². The van der Waals surface area contributed by atoms with Crippen LogP contribution >= 0.6 is 22.9 Å². The van der Waals surface area contributed by atoms with Crippen molar-refractivity contribution in [2.75, 3.05) is 7.05 Å². The number of hydrogen-bond acceptors (Lipinski definition) is 3. The van der Waals surface area contributed by atoms with Gasteiger partial charge in [0.15, 0.2) is 0 Å². The van der Waals surface area contributed by atoms with Crippen LogP contribution in [0.2, 0.25) is 4.34 Å². The lowest BCUT2D eigenvalue weighted by atomic mass is 10.2. The molecule has 0 spiro atoms. The second kappa shape index (κ2) is 3.54. The van der Waals surface area contributed by atoms with Gasteiger partial charge in [0.25, 0.3) is 0 Å². The summed E-state index contributed by atoms with van der Waals surface area (Å²) in [6, 6.07) is 6.31. The molecule has 0 aliphatic heterocycles. The van der Waals surface area contributed by atoms with Crippen molar-refractivity contribution in [1.29, 1.82) is 5.26 Å². The Morgan fingerprint density at radius 2 is 2.36 bits per heavy atom. The molecule has 0 bridgehead atoms. The Labute approximate surface area is 92.7 Å². The maximum Gasteiger partial charge on any atom is 0.109 e. The Morgan fingerprint density at radius 1 is 1.64 bits per heavy atom. The highest BCUT2D eigenvalue weighted by molar-refractivity contribution is 7.16. The topological polar surface area (TPSA) is 27.0 Å². The van der Waals surface area contributed by atoms with Gasteiger partial charge in [-0.1, -0.05) is 11.6 Å². The fourth-order valence-corrected chi connectivity index (χ4v) is 2.66. The molecule has 1 aliphatic carbocycles. The van der Waals surface area contributed by atoms with Crippen LogP contribution in [0, 0.1) is 11.3 Å². The normalized spacial score (nSPS) is 18.1. The smallest absolute Gasteiger partial charge is 0.109 e. The SMILES string of the molecule is CN(Cc1ccc(Cl)s1)C1(C#N)CC1. The summed E-state index contributed by atoms with van der Waals surface area (Å²) in [6.07, 6.45) is 2.00. The summed E-state index contributed by atoms with van der Waals surface area (Å²) in [5, 5.41) is 9.00. The summed E-state index contributed by atoms with van der Waals surface area (Å²) in [4.78, 5) is 3.34. The van der Waals surface area contributed by atoms with E-state index in [4.69, 9.17) is 16.9 Å². The predicted molar refractivity (Wildman–Crippen MR) is 58.4 cm³/mol. The third kappa shape index (κ3) is 1.78. The monoisotopic (exact) mass is 226 g/mol. The largest absolute Gasteiger partial charge is 0.283 e. The molecule has 4 heteroatoms. The molecule has 74 valence electrons. The maximum atomic E-state index is 9.00. The van der Waals surface area contributed by atoms with Gasteiger partial charge in [0.05, 0.1) is 10.4 Å². The molecule has 0 unspecified atom stereocenters. The molecule has 14 heavy (non-hydrogen) atoms. The van der Waals surface area contributed by atoms with Crippen molar-refractivity contribution >= 4 is 22.9 Å². The molecule has 1 aromatic rings. The van der Waals surface area contributed by atoms with Gasteiger partial charge in [-0.25, -0.2) is 0 Å². The lowest BCUT2D eigenvalue weighted by Gasteiger charge is -2.20. The number of nitriles is 1. The van der Waals surface area contributed by atoms with Crippen LogP contribution in [0.3, 0.4) is 0 Å². The van der Waals surface area contributed by atoms with E-state index in [1.165, 1.54) is 4.88 Å². The van der Waals surface area contributed by atoms with Crippen LogP contribution in [-0.2, 0) is 6.54 Å². The van der Waals surface area contributed by atoms with Crippen molar-refractivity contribution in [2.45, 2.75) is 24.9 Å². The van der Waals surface area contributed by atoms with E-state index in [2.05, 4.69) is 11.0 Å². The van der Waals surface area contributed by atoms with Crippen LogP contribution in [0.15, 0.2) is 12.1 Å². The Hall–Kier alpha value is -0.560. The first-order chi connectivity index (χ1) is 6.66. The summed E-state index contributed by atoms with van der Waals surface area (Å²) in [5.41, 5.74) is -0.184. The molecule has 0 radical (unpaired) electrons. The van der Waals surface area contributed by atoms with Crippen molar-refractivity contribution in [3.63, 3.8) is 0 Å². The van der Waals surface area contributed by atoms with Gasteiger partial charge < -0.3 is 0 Å². The van der Waals surface area contributed by atoms with Gasteiger partial charge >= 0.3 is 0 Å².